The predicted molar refractivity (Wildman–Crippen MR) is 99.2 cm³/mol. The zero-order valence-corrected chi connectivity index (χ0v) is 15.3. The van der Waals surface area contributed by atoms with E-state index in [1.807, 2.05) is 25.2 Å². The first-order valence-corrected chi connectivity index (χ1v) is 7.76. The van der Waals surface area contributed by atoms with Crippen LogP contribution in [0, 0.1) is 0 Å². The summed E-state index contributed by atoms with van der Waals surface area (Å²) in [7, 11) is 2.03. The van der Waals surface area contributed by atoms with Gasteiger partial charge in [-0.3, -0.25) is 4.79 Å². The van der Waals surface area contributed by atoms with Crippen molar-refractivity contribution in [1.82, 2.24) is 20.2 Å². The minimum atomic E-state index is -0.357. The maximum atomic E-state index is 11.9. The summed E-state index contributed by atoms with van der Waals surface area (Å²) >= 11 is 0. The van der Waals surface area contributed by atoms with Crippen LogP contribution in [0.15, 0.2) is 24.3 Å². The number of carbonyl (C=O) groups excluding carboxylic acids is 1. The monoisotopic (exact) mass is 374 g/mol. The van der Waals surface area contributed by atoms with E-state index in [0.717, 1.165) is 36.2 Å². The molecule has 0 aliphatic carbocycles. The van der Waals surface area contributed by atoms with Crippen LogP contribution in [-0.4, -0.2) is 47.8 Å². The summed E-state index contributed by atoms with van der Waals surface area (Å²) < 4.78 is 7.54. The minimum absolute atomic E-state index is 0. The maximum absolute atomic E-state index is 11.9. The second-order valence-corrected chi connectivity index (χ2v) is 5.53. The van der Waals surface area contributed by atoms with E-state index in [1.165, 1.54) is 0 Å². The molecule has 1 aromatic heterocycles. The number of morpholine rings is 1. The molecule has 2 N–H and O–H groups in total. The van der Waals surface area contributed by atoms with Crippen molar-refractivity contribution >= 4 is 41.8 Å². The van der Waals surface area contributed by atoms with Crippen LogP contribution < -0.4 is 10.6 Å². The van der Waals surface area contributed by atoms with Crippen molar-refractivity contribution < 1.29 is 9.53 Å². The van der Waals surface area contributed by atoms with Gasteiger partial charge in [-0.15, -0.1) is 24.8 Å². The number of halogens is 2. The molecule has 1 fully saturated rings. The number of aryl methyl sites for hydroxylation is 2. The predicted octanol–water partition coefficient (Wildman–Crippen LogP) is 1.45. The Labute approximate surface area is 154 Å². The van der Waals surface area contributed by atoms with Gasteiger partial charge >= 0.3 is 0 Å². The number of imidazole rings is 1. The molecule has 2 aromatic rings. The molecule has 0 bridgehead atoms. The van der Waals surface area contributed by atoms with Crippen LogP contribution in [-0.2, 0) is 23.0 Å². The second-order valence-electron chi connectivity index (χ2n) is 5.53. The number of ether oxygens (including phenoxy) is 1. The van der Waals surface area contributed by atoms with Crippen LogP contribution in [0.1, 0.15) is 12.2 Å². The summed E-state index contributed by atoms with van der Waals surface area (Å²) in [5, 5.41) is 6.09. The molecule has 24 heavy (non-hydrogen) atoms. The van der Waals surface area contributed by atoms with Crippen molar-refractivity contribution in [3.8, 4) is 0 Å². The van der Waals surface area contributed by atoms with E-state index in [2.05, 4.69) is 26.3 Å². The van der Waals surface area contributed by atoms with Gasteiger partial charge in [0.2, 0.25) is 5.91 Å². The molecule has 6 nitrogen and oxygen atoms in total. The van der Waals surface area contributed by atoms with Crippen LogP contribution in [0.3, 0.4) is 0 Å². The van der Waals surface area contributed by atoms with Gasteiger partial charge in [-0.05, 0) is 18.6 Å². The third-order valence-corrected chi connectivity index (χ3v) is 3.98. The van der Waals surface area contributed by atoms with Crippen molar-refractivity contribution in [3.05, 3.63) is 30.1 Å². The van der Waals surface area contributed by atoms with Crippen LogP contribution in [0.25, 0.3) is 11.0 Å². The summed E-state index contributed by atoms with van der Waals surface area (Å²) in [6, 6.07) is 8.11. The van der Waals surface area contributed by atoms with Crippen LogP contribution >= 0.6 is 24.8 Å². The van der Waals surface area contributed by atoms with Crippen molar-refractivity contribution in [2.75, 3.05) is 26.2 Å². The summed E-state index contributed by atoms with van der Waals surface area (Å²) in [5.41, 5.74) is 2.16. The fraction of sp³-hybridized carbons (Fsp3) is 0.500. The first-order valence-electron chi connectivity index (χ1n) is 7.76. The Hall–Kier alpha value is -1.34. The topological polar surface area (TPSA) is 68.2 Å². The van der Waals surface area contributed by atoms with Gasteiger partial charge < -0.3 is 19.9 Å². The lowest BCUT2D eigenvalue weighted by Gasteiger charge is -2.22. The molecule has 2 heterocycles. The number of nitrogens with one attached hydrogen (secondary N) is 2. The molecular formula is C16H24Cl2N4O2. The van der Waals surface area contributed by atoms with Crippen LogP contribution in [0.2, 0.25) is 0 Å². The Bertz CT molecular complexity index is 657. The van der Waals surface area contributed by atoms with Gasteiger partial charge in [0, 0.05) is 33.1 Å². The highest BCUT2D eigenvalue weighted by atomic mass is 35.5. The van der Waals surface area contributed by atoms with Gasteiger partial charge in [0.15, 0.2) is 0 Å². The summed E-state index contributed by atoms with van der Waals surface area (Å²) in [5.74, 6) is 1.02. The maximum Gasteiger partial charge on any atom is 0.250 e. The Kier molecular flexibility index (Phi) is 8.48. The summed E-state index contributed by atoms with van der Waals surface area (Å²) in [6.07, 6.45) is 1.35. The number of para-hydroxylation sites is 2. The molecule has 1 aromatic carbocycles. The van der Waals surface area contributed by atoms with E-state index in [0.29, 0.717) is 19.7 Å². The van der Waals surface area contributed by atoms with E-state index in [-0.39, 0.29) is 36.8 Å². The van der Waals surface area contributed by atoms with E-state index in [1.54, 1.807) is 0 Å². The van der Waals surface area contributed by atoms with Gasteiger partial charge in [0.05, 0.1) is 17.6 Å². The summed E-state index contributed by atoms with van der Waals surface area (Å²) in [4.78, 5) is 16.6. The standard InChI is InChI=1S/C16H22N4O2.2ClH/c1-20-13-6-3-2-5-12(13)19-15(20)7-4-8-18-16(21)14-11-17-9-10-22-14;;/h2-3,5-6,14,17H,4,7-11H2,1H3,(H,18,21);2*1H. The smallest absolute Gasteiger partial charge is 0.250 e. The number of aromatic nitrogens is 2. The number of rotatable bonds is 5. The number of nitrogens with zero attached hydrogens (tertiary/aromatic N) is 2. The quantitative estimate of drug-likeness (QED) is 0.777. The number of benzene rings is 1. The third kappa shape index (κ3) is 4.83. The van der Waals surface area contributed by atoms with Gasteiger partial charge in [-0.1, -0.05) is 12.1 Å². The molecule has 0 spiro atoms. The Morgan fingerprint density at radius 3 is 2.92 bits per heavy atom. The fourth-order valence-electron chi connectivity index (χ4n) is 2.72. The van der Waals surface area contributed by atoms with Gasteiger partial charge in [-0.25, -0.2) is 4.98 Å². The molecule has 1 aliphatic heterocycles. The average Bonchev–Trinajstić information content (AvgIpc) is 2.89. The van der Waals surface area contributed by atoms with Crippen molar-refractivity contribution in [2.45, 2.75) is 18.9 Å². The van der Waals surface area contributed by atoms with E-state index in [9.17, 15) is 4.79 Å². The number of fused-ring (bicyclic) bond motifs is 1. The SMILES string of the molecule is Cl.Cl.Cn1c(CCCNC(=O)C2CNCCO2)nc2ccccc21. The first kappa shape index (κ1) is 20.7. The number of hydrogen-bond donors (Lipinski definition) is 2. The lowest BCUT2D eigenvalue weighted by atomic mass is 10.2. The fourth-order valence-corrected chi connectivity index (χ4v) is 2.72. The summed E-state index contributed by atoms with van der Waals surface area (Å²) in [6.45, 7) is 2.65. The number of hydrogen-bond acceptors (Lipinski definition) is 4. The molecule has 1 amide bonds. The highest BCUT2D eigenvalue weighted by Crippen LogP contribution is 2.15. The molecule has 1 unspecified atom stereocenters. The number of carbonyl (C=O) groups is 1. The first-order chi connectivity index (χ1) is 10.8. The lowest BCUT2D eigenvalue weighted by molar-refractivity contribution is -0.134. The lowest BCUT2D eigenvalue weighted by Crippen LogP contribution is -2.48. The van der Waals surface area contributed by atoms with E-state index in [4.69, 9.17) is 4.74 Å². The Morgan fingerprint density at radius 1 is 1.42 bits per heavy atom. The zero-order valence-electron chi connectivity index (χ0n) is 13.7. The molecule has 0 radical (unpaired) electrons. The largest absolute Gasteiger partial charge is 0.366 e. The van der Waals surface area contributed by atoms with Gasteiger partial charge in [0.25, 0.3) is 0 Å². The van der Waals surface area contributed by atoms with Crippen LogP contribution in [0.5, 0.6) is 0 Å². The molecule has 8 heteroatoms. The third-order valence-electron chi connectivity index (χ3n) is 3.98. The van der Waals surface area contributed by atoms with Crippen molar-refractivity contribution in [2.24, 2.45) is 7.05 Å². The molecule has 1 atom stereocenters. The highest BCUT2D eigenvalue weighted by molar-refractivity contribution is 5.85. The van der Waals surface area contributed by atoms with Crippen molar-refractivity contribution in [3.63, 3.8) is 0 Å². The normalized spacial score (nSPS) is 17.0. The molecule has 3 rings (SSSR count). The van der Waals surface area contributed by atoms with Crippen molar-refractivity contribution in [1.29, 1.82) is 0 Å². The zero-order chi connectivity index (χ0) is 15.4. The molecular weight excluding hydrogens is 351 g/mol. The molecule has 1 aliphatic rings. The Morgan fingerprint density at radius 2 is 2.21 bits per heavy atom. The van der Waals surface area contributed by atoms with Gasteiger partial charge in [-0.2, -0.15) is 0 Å². The Balaban J connectivity index is 0.00000144. The molecule has 1 saturated heterocycles. The second kappa shape index (κ2) is 9.84. The minimum Gasteiger partial charge on any atom is -0.366 e. The van der Waals surface area contributed by atoms with Crippen LogP contribution in [0.4, 0.5) is 0 Å². The van der Waals surface area contributed by atoms with Gasteiger partial charge in [0.1, 0.15) is 11.9 Å². The van der Waals surface area contributed by atoms with E-state index < -0.39 is 0 Å². The van der Waals surface area contributed by atoms with E-state index >= 15 is 0 Å². The number of amides is 1. The molecule has 0 saturated carbocycles. The molecule has 134 valence electrons. The average molecular weight is 375 g/mol. The highest BCUT2D eigenvalue weighted by Gasteiger charge is 2.20.